The zero-order valence-electron chi connectivity index (χ0n) is 16.1. The van der Waals surface area contributed by atoms with Gasteiger partial charge in [-0.2, -0.15) is 0 Å². The summed E-state index contributed by atoms with van der Waals surface area (Å²) in [5.41, 5.74) is 4.02. The molecule has 0 bridgehead atoms. The summed E-state index contributed by atoms with van der Waals surface area (Å²) in [5.74, 6) is -0.633. The zero-order chi connectivity index (χ0) is 20.0. The van der Waals surface area contributed by atoms with Gasteiger partial charge in [-0.15, -0.1) is 0 Å². The van der Waals surface area contributed by atoms with Crippen LogP contribution in [0.25, 0.3) is 0 Å². The van der Waals surface area contributed by atoms with E-state index in [9.17, 15) is 14.4 Å². The predicted octanol–water partition coefficient (Wildman–Crippen LogP) is 3.51. The fraction of sp³-hybridized carbons (Fsp3) is 0.286. The Kier molecular flexibility index (Phi) is 6.71. The molecule has 0 heterocycles. The van der Waals surface area contributed by atoms with Gasteiger partial charge in [0.25, 0.3) is 0 Å². The molecule has 0 aliphatic heterocycles. The van der Waals surface area contributed by atoms with Crippen molar-refractivity contribution in [3.05, 3.63) is 53.6 Å². The van der Waals surface area contributed by atoms with Crippen molar-refractivity contribution in [2.75, 3.05) is 22.1 Å². The minimum atomic E-state index is -0.289. The van der Waals surface area contributed by atoms with Crippen LogP contribution in [0.15, 0.2) is 42.5 Å². The summed E-state index contributed by atoms with van der Waals surface area (Å²) in [6.45, 7) is 6.78. The van der Waals surface area contributed by atoms with E-state index in [1.807, 2.05) is 32.0 Å². The van der Waals surface area contributed by atoms with E-state index in [0.717, 1.165) is 23.2 Å². The molecule has 0 saturated carbocycles. The number of aryl methyl sites for hydroxylation is 2. The number of carbonyl (C=O) groups excluding carboxylic acids is 3. The highest BCUT2D eigenvalue weighted by Crippen LogP contribution is 2.26. The highest BCUT2D eigenvalue weighted by atomic mass is 16.2. The van der Waals surface area contributed by atoms with Gasteiger partial charge in [-0.1, -0.05) is 25.1 Å². The largest absolute Gasteiger partial charge is 0.326 e. The summed E-state index contributed by atoms with van der Waals surface area (Å²) >= 11 is 0. The standard InChI is InChI=1S/C21H25N3O3/c1-5-17-8-6-7-14(2)21(17)24(16(4)26)13-20(27)23-19-11-9-18(10-12-19)22-15(3)25/h6-12H,5,13H2,1-4H3,(H,22,25)(H,23,27). The Morgan fingerprint density at radius 2 is 1.52 bits per heavy atom. The van der Waals surface area contributed by atoms with E-state index in [4.69, 9.17) is 0 Å². The quantitative estimate of drug-likeness (QED) is 0.820. The second-order valence-electron chi connectivity index (χ2n) is 6.35. The minimum Gasteiger partial charge on any atom is -0.326 e. The van der Waals surface area contributed by atoms with E-state index >= 15 is 0 Å². The number of anilines is 3. The van der Waals surface area contributed by atoms with Gasteiger partial charge in [0.2, 0.25) is 17.7 Å². The number of amides is 3. The van der Waals surface area contributed by atoms with Gasteiger partial charge in [-0.25, -0.2) is 0 Å². The highest BCUT2D eigenvalue weighted by Gasteiger charge is 2.20. The summed E-state index contributed by atoms with van der Waals surface area (Å²) in [6.07, 6.45) is 0.771. The number of benzene rings is 2. The van der Waals surface area contributed by atoms with Crippen molar-refractivity contribution < 1.29 is 14.4 Å². The van der Waals surface area contributed by atoms with E-state index < -0.39 is 0 Å². The number of para-hydroxylation sites is 1. The summed E-state index contributed by atoms with van der Waals surface area (Å²) in [7, 11) is 0. The van der Waals surface area contributed by atoms with Crippen LogP contribution in [-0.4, -0.2) is 24.3 Å². The smallest absolute Gasteiger partial charge is 0.244 e. The molecule has 0 aliphatic rings. The lowest BCUT2D eigenvalue weighted by Crippen LogP contribution is -2.37. The number of nitrogens with one attached hydrogen (secondary N) is 2. The average Bonchev–Trinajstić information content (AvgIpc) is 2.61. The molecule has 0 aliphatic carbocycles. The van der Waals surface area contributed by atoms with E-state index in [0.29, 0.717) is 11.4 Å². The number of hydrogen-bond acceptors (Lipinski definition) is 3. The Morgan fingerprint density at radius 1 is 0.926 bits per heavy atom. The monoisotopic (exact) mass is 367 g/mol. The van der Waals surface area contributed by atoms with Crippen LogP contribution >= 0.6 is 0 Å². The molecular weight excluding hydrogens is 342 g/mol. The zero-order valence-corrected chi connectivity index (χ0v) is 16.1. The van der Waals surface area contributed by atoms with E-state index in [2.05, 4.69) is 10.6 Å². The lowest BCUT2D eigenvalue weighted by molar-refractivity contribution is -0.120. The number of carbonyl (C=O) groups is 3. The van der Waals surface area contributed by atoms with Gasteiger partial charge >= 0.3 is 0 Å². The lowest BCUT2D eigenvalue weighted by atomic mass is 10.0. The first-order valence-electron chi connectivity index (χ1n) is 8.86. The van der Waals surface area contributed by atoms with Crippen LogP contribution in [0.2, 0.25) is 0 Å². The van der Waals surface area contributed by atoms with Crippen molar-refractivity contribution >= 4 is 34.8 Å². The first-order chi connectivity index (χ1) is 12.8. The predicted molar refractivity (Wildman–Crippen MR) is 108 cm³/mol. The van der Waals surface area contributed by atoms with Crippen molar-refractivity contribution in [1.29, 1.82) is 0 Å². The molecule has 6 nitrogen and oxygen atoms in total. The Bertz CT molecular complexity index is 844. The van der Waals surface area contributed by atoms with Gasteiger partial charge < -0.3 is 15.5 Å². The molecule has 2 aromatic rings. The molecule has 2 rings (SSSR count). The van der Waals surface area contributed by atoms with Crippen molar-refractivity contribution in [3.8, 4) is 0 Å². The van der Waals surface area contributed by atoms with Crippen LogP contribution in [0.3, 0.4) is 0 Å². The van der Waals surface area contributed by atoms with Crippen LogP contribution in [0, 0.1) is 6.92 Å². The van der Waals surface area contributed by atoms with Crippen LogP contribution in [0.4, 0.5) is 17.1 Å². The molecule has 0 unspecified atom stereocenters. The molecule has 0 radical (unpaired) electrons. The van der Waals surface area contributed by atoms with E-state index in [-0.39, 0.29) is 24.3 Å². The molecule has 0 saturated heterocycles. The average molecular weight is 367 g/mol. The number of nitrogens with zero attached hydrogens (tertiary/aromatic N) is 1. The summed E-state index contributed by atoms with van der Waals surface area (Å²) in [6, 6.07) is 12.7. The third-order valence-electron chi connectivity index (χ3n) is 4.14. The van der Waals surface area contributed by atoms with Crippen molar-refractivity contribution in [3.63, 3.8) is 0 Å². The van der Waals surface area contributed by atoms with Crippen molar-refractivity contribution in [2.24, 2.45) is 0 Å². The van der Waals surface area contributed by atoms with E-state index in [1.54, 1.807) is 24.3 Å². The fourth-order valence-corrected chi connectivity index (χ4v) is 2.92. The third kappa shape index (κ3) is 5.41. The molecule has 6 heteroatoms. The topological polar surface area (TPSA) is 78.5 Å². The van der Waals surface area contributed by atoms with Crippen LogP contribution in [0.1, 0.15) is 31.9 Å². The molecular formula is C21H25N3O3. The SMILES string of the molecule is CCc1cccc(C)c1N(CC(=O)Nc1ccc(NC(C)=O)cc1)C(C)=O. The second-order valence-corrected chi connectivity index (χ2v) is 6.35. The Morgan fingerprint density at radius 3 is 2.04 bits per heavy atom. The Labute approximate surface area is 159 Å². The number of hydrogen-bond donors (Lipinski definition) is 2. The van der Waals surface area contributed by atoms with Gasteiger partial charge in [0.05, 0.1) is 5.69 Å². The Hall–Kier alpha value is -3.15. The van der Waals surface area contributed by atoms with Crippen molar-refractivity contribution in [2.45, 2.75) is 34.1 Å². The normalized spacial score (nSPS) is 10.2. The van der Waals surface area contributed by atoms with Gasteiger partial charge in [0.15, 0.2) is 0 Å². The summed E-state index contributed by atoms with van der Waals surface area (Å²) < 4.78 is 0. The Balaban J connectivity index is 2.14. The maximum Gasteiger partial charge on any atom is 0.244 e. The van der Waals surface area contributed by atoms with Gasteiger partial charge in [-0.3, -0.25) is 14.4 Å². The number of rotatable bonds is 6. The minimum absolute atomic E-state index is 0.0688. The second kappa shape index (κ2) is 8.98. The van der Waals surface area contributed by atoms with Crippen LogP contribution in [-0.2, 0) is 20.8 Å². The maximum atomic E-state index is 12.5. The molecule has 2 N–H and O–H groups in total. The van der Waals surface area contributed by atoms with Gasteiger partial charge in [0.1, 0.15) is 6.54 Å². The molecule has 0 fully saturated rings. The first-order valence-corrected chi connectivity index (χ1v) is 8.86. The lowest BCUT2D eigenvalue weighted by Gasteiger charge is -2.25. The molecule has 0 spiro atoms. The highest BCUT2D eigenvalue weighted by molar-refractivity contribution is 6.02. The van der Waals surface area contributed by atoms with Crippen LogP contribution < -0.4 is 15.5 Å². The molecule has 0 aromatic heterocycles. The molecule has 27 heavy (non-hydrogen) atoms. The molecule has 2 aromatic carbocycles. The molecule has 142 valence electrons. The fourth-order valence-electron chi connectivity index (χ4n) is 2.92. The van der Waals surface area contributed by atoms with Crippen molar-refractivity contribution in [1.82, 2.24) is 0 Å². The van der Waals surface area contributed by atoms with Gasteiger partial charge in [0, 0.05) is 25.2 Å². The third-order valence-corrected chi connectivity index (χ3v) is 4.14. The summed E-state index contributed by atoms with van der Waals surface area (Å²) in [5, 5.41) is 5.46. The summed E-state index contributed by atoms with van der Waals surface area (Å²) in [4.78, 5) is 37.3. The maximum absolute atomic E-state index is 12.5. The van der Waals surface area contributed by atoms with Crippen LogP contribution in [0.5, 0.6) is 0 Å². The molecule has 0 atom stereocenters. The molecule has 3 amide bonds. The van der Waals surface area contributed by atoms with Gasteiger partial charge in [-0.05, 0) is 48.7 Å². The van der Waals surface area contributed by atoms with E-state index in [1.165, 1.54) is 18.7 Å². The first kappa shape index (κ1) is 20.2.